The van der Waals surface area contributed by atoms with Crippen LogP contribution in [0.1, 0.15) is 20.7 Å². The van der Waals surface area contributed by atoms with Crippen molar-refractivity contribution >= 4 is 76.8 Å². The number of carbonyl (C=O) groups excluding carboxylic acids is 1. The lowest BCUT2D eigenvalue weighted by Gasteiger charge is -2.17. The molecule has 1 nitrogen and oxygen atoms in total. The molecule has 2 unspecified atom stereocenters. The lowest BCUT2D eigenvalue weighted by atomic mass is 10.0. The van der Waals surface area contributed by atoms with Crippen LogP contribution in [0.3, 0.4) is 0 Å². The average molecular weight is 516 g/mol. The normalized spacial score (nSPS) is 13.8. The number of Topliss-reactive ketones (excluding diaryl/α,β-unsaturated/α-hetero) is 1. The monoisotopic (exact) mass is 512 g/mol. The van der Waals surface area contributed by atoms with Gasteiger partial charge in [-0.1, -0.05) is 83.1 Å². The number of carbonyl (C=O) groups is 1. The Morgan fingerprint density at radius 3 is 2.38 bits per heavy atom. The molecule has 0 fully saturated rings. The van der Waals surface area contributed by atoms with Crippen LogP contribution in [0, 0.1) is 0 Å². The Hall–Kier alpha value is 0.130. The van der Waals surface area contributed by atoms with Gasteiger partial charge in [0.2, 0.25) is 0 Å². The summed E-state index contributed by atoms with van der Waals surface area (Å²) in [6.45, 7) is 0. The van der Waals surface area contributed by atoms with Crippen molar-refractivity contribution in [3.63, 3.8) is 0 Å². The first kappa shape index (κ1) is 17.5. The van der Waals surface area contributed by atoms with Crippen LogP contribution in [0.2, 0.25) is 10.0 Å². The Kier molecular flexibility index (Phi) is 6.33. The second kappa shape index (κ2) is 7.60. The van der Waals surface area contributed by atoms with Crippen molar-refractivity contribution in [2.75, 3.05) is 0 Å². The number of alkyl halides is 2. The fourth-order valence-electron chi connectivity index (χ4n) is 1.82. The first-order chi connectivity index (χ1) is 9.90. The van der Waals surface area contributed by atoms with E-state index in [4.69, 9.17) is 23.2 Å². The number of halogens is 5. The number of benzene rings is 2. The van der Waals surface area contributed by atoms with Crippen LogP contribution in [-0.4, -0.2) is 10.6 Å². The summed E-state index contributed by atoms with van der Waals surface area (Å²) in [4.78, 5) is 11.9. The molecular weight excluding hydrogens is 507 g/mol. The minimum absolute atomic E-state index is 0.0986. The zero-order chi connectivity index (χ0) is 15.6. The van der Waals surface area contributed by atoms with Crippen LogP contribution in [0.4, 0.5) is 0 Å². The molecule has 0 spiro atoms. The molecule has 0 radical (unpaired) electrons. The van der Waals surface area contributed by atoms with Crippen LogP contribution in [-0.2, 0) is 0 Å². The van der Waals surface area contributed by atoms with E-state index in [0.29, 0.717) is 15.6 Å². The average Bonchev–Trinajstić information content (AvgIpc) is 2.45. The number of hydrogen-bond donors (Lipinski definition) is 0. The summed E-state index contributed by atoms with van der Waals surface area (Å²) in [5.74, 6) is -0.0986. The zero-order valence-electron chi connectivity index (χ0n) is 10.5. The van der Waals surface area contributed by atoms with Gasteiger partial charge in [0.05, 0.1) is 14.7 Å². The third-order valence-electron chi connectivity index (χ3n) is 2.87. The Morgan fingerprint density at radius 2 is 1.76 bits per heavy atom. The summed E-state index contributed by atoms with van der Waals surface area (Å²) in [5.41, 5.74) is 1.44. The first-order valence-corrected chi connectivity index (χ1v) is 9.31. The number of hydrogen-bond acceptors (Lipinski definition) is 1. The van der Waals surface area contributed by atoms with E-state index in [2.05, 4.69) is 47.8 Å². The highest BCUT2D eigenvalue weighted by Crippen LogP contribution is 2.35. The highest BCUT2D eigenvalue weighted by atomic mass is 79.9. The maximum Gasteiger partial charge on any atom is 0.179 e. The van der Waals surface area contributed by atoms with Crippen molar-refractivity contribution in [2.24, 2.45) is 0 Å². The zero-order valence-corrected chi connectivity index (χ0v) is 16.8. The van der Waals surface area contributed by atoms with E-state index in [1.54, 1.807) is 18.2 Å². The van der Waals surface area contributed by atoms with Crippen LogP contribution >= 0.6 is 71.0 Å². The van der Waals surface area contributed by atoms with Gasteiger partial charge in [-0.25, -0.2) is 0 Å². The molecule has 0 bridgehead atoms. The van der Waals surface area contributed by atoms with Crippen molar-refractivity contribution in [2.45, 2.75) is 9.65 Å². The molecule has 2 atom stereocenters. The quantitative estimate of drug-likeness (QED) is 0.322. The lowest BCUT2D eigenvalue weighted by Crippen LogP contribution is -2.19. The van der Waals surface area contributed by atoms with Crippen LogP contribution < -0.4 is 0 Å². The van der Waals surface area contributed by atoms with E-state index < -0.39 is 4.83 Å². The molecule has 0 amide bonds. The van der Waals surface area contributed by atoms with Gasteiger partial charge in [-0.15, -0.1) is 0 Å². The molecule has 2 aromatic carbocycles. The Morgan fingerprint density at radius 1 is 1.05 bits per heavy atom. The highest BCUT2D eigenvalue weighted by molar-refractivity contribution is 9.12. The Labute approximate surface area is 158 Å². The van der Waals surface area contributed by atoms with E-state index >= 15 is 0 Å². The van der Waals surface area contributed by atoms with Gasteiger partial charge in [0.15, 0.2) is 5.78 Å². The highest BCUT2D eigenvalue weighted by Gasteiger charge is 2.27. The van der Waals surface area contributed by atoms with Gasteiger partial charge in [0, 0.05) is 15.1 Å². The van der Waals surface area contributed by atoms with Crippen molar-refractivity contribution in [1.29, 1.82) is 0 Å². The maximum absolute atomic E-state index is 12.6. The number of ketones is 1. The molecule has 0 aliphatic carbocycles. The van der Waals surface area contributed by atoms with Gasteiger partial charge in [-0.05, 0) is 35.9 Å². The van der Waals surface area contributed by atoms with Gasteiger partial charge >= 0.3 is 0 Å². The summed E-state index contributed by atoms with van der Waals surface area (Å²) in [6.07, 6.45) is 0. The van der Waals surface area contributed by atoms with Gasteiger partial charge in [0.1, 0.15) is 0 Å². The van der Waals surface area contributed by atoms with Gasteiger partial charge in [0.25, 0.3) is 0 Å². The number of rotatable bonds is 4. The van der Waals surface area contributed by atoms with Gasteiger partial charge in [-0.3, -0.25) is 4.79 Å². The molecule has 0 heterocycles. The molecule has 0 aliphatic rings. The predicted octanol–water partition coefficient (Wildman–Crippen LogP) is 6.84. The molecule has 2 rings (SSSR count). The van der Waals surface area contributed by atoms with Crippen molar-refractivity contribution in [3.05, 3.63) is 68.1 Å². The molecule has 0 saturated carbocycles. The third-order valence-corrected chi connectivity index (χ3v) is 6.62. The molecule has 21 heavy (non-hydrogen) atoms. The Bertz CT molecular complexity index is 676. The van der Waals surface area contributed by atoms with Gasteiger partial charge < -0.3 is 0 Å². The summed E-state index contributed by atoms with van der Waals surface area (Å²) in [6, 6.07) is 12.6. The van der Waals surface area contributed by atoms with Gasteiger partial charge in [-0.2, -0.15) is 0 Å². The van der Waals surface area contributed by atoms with Crippen molar-refractivity contribution < 1.29 is 4.79 Å². The molecule has 0 saturated heterocycles. The Balaban J connectivity index is 2.26. The molecular formula is C15H9Br3Cl2O. The molecule has 6 heteroatoms. The minimum Gasteiger partial charge on any atom is -0.293 e. The van der Waals surface area contributed by atoms with Crippen LogP contribution in [0.15, 0.2) is 46.9 Å². The first-order valence-electron chi connectivity index (χ1n) is 5.93. The molecule has 110 valence electrons. The summed E-state index contributed by atoms with van der Waals surface area (Å²) in [7, 11) is 0. The molecule has 2 aromatic rings. The van der Waals surface area contributed by atoms with E-state index in [-0.39, 0.29) is 10.6 Å². The topological polar surface area (TPSA) is 17.1 Å². The fraction of sp³-hybridized carbons (Fsp3) is 0.133. The molecule has 0 N–H and O–H groups in total. The predicted molar refractivity (Wildman–Crippen MR) is 99.3 cm³/mol. The third kappa shape index (κ3) is 4.32. The second-order valence-corrected chi connectivity index (χ2v) is 8.08. The van der Waals surface area contributed by atoms with E-state index in [1.165, 1.54) is 0 Å². The van der Waals surface area contributed by atoms with E-state index in [0.717, 1.165) is 10.0 Å². The molecule has 0 aromatic heterocycles. The summed E-state index contributed by atoms with van der Waals surface area (Å²) < 4.78 is 0.959. The van der Waals surface area contributed by atoms with Crippen LogP contribution in [0.25, 0.3) is 0 Å². The van der Waals surface area contributed by atoms with E-state index in [1.807, 2.05) is 24.3 Å². The summed E-state index contributed by atoms with van der Waals surface area (Å²) in [5, 5.41) is 0.857. The van der Waals surface area contributed by atoms with Crippen LogP contribution in [0.5, 0.6) is 0 Å². The smallest absolute Gasteiger partial charge is 0.179 e. The SMILES string of the molecule is O=C(c1ccc(Cl)cc1Cl)C(Br)C(Br)c1cccc(Br)c1. The fourth-order valence-corrected chi connectivity index (χ4v) is 3.81. The van der Waals surface area contributed by atoms with E-state index in [9.17, 15) is 4.79 Å². The maximum atomic E-state index is 12.6. The lowest BCUT2D eigenvalue weighted by molar-refractivity contribution is 0.0991. The minimum atomic E-state index is -0.439. The van der Waals surface area contributed by atoms with Crippen molar-refractivity contribution in [3.8, 4) is 0 Å². The standard InChI is InChI=1S/C15H9Br3Cl2O/c16-9-3-1-2-8(6-9)13(17)14(18)15(21)11-5-4-10(19)7-12(11)20/h1-7,13-14H. The molecule has 0 aliphatic heterocycles. The van der Waals surface area contributed by atoms with Crippen molar-refractivity contribution in [1.82, 2.24) is 0 Å². The largest absolute Gasteiger partial charge is 0.293 e. The summed E-state index contributed by atoms with van der Waals surface area (Å²) >= 11 is 22.4. The second-order valence-electron chi connectivity index (χ2n) is 4.35.